The molecule has 0 aliphatic carbocycles. The summed E-state index contributed by atoms with van der Waals surface area (Å²) in [5.74, 6) is 0.765. The van der Waals surface area contributed by atoms with E-state index in [1.165, 1.54) is 0 Å². The number of carbonyl (C=O) groups excluding carboxylic acids is 2. The second kappa shape index (κ2) is 11.0. The van der Waals surface area contributed by atoms with Gasteiger partial charge < -0.3 is 15.1 Å². The van der Waals surface area contributed by atoms with E-state index in [2.05, 4.69) is 25.3 Å². The molecular weight excluding hydrogens is 404 g/mol. The highest BCUT2D eigenvalue weighted by Gasteiger charge is 2.29. The van der Waals surface area contributed by atoms with Gasteiger partial charge in [-0.2, -0.15) is 5.10 Å². The van der Waals surface area contributed by atoms with E-state index < -0.39 is 0 Å². The maximum Gasteiger partial charge on any atom is 0.253 e. The van der Waals surface area contributed by atoms with E-state index in [-0.39, 0.29) is 17.9 Å². The van der Waals surface area contributed by atoms with Gasteiger partial charge in [0.05, 0.1) is 6.04 Å². The number of rotatable bonds is 9. The lowest BCUT2D eigenvalue weighted by Gasteiger charge is -2.31. The molecule has 1 N–H and O–H groups in total. The van der Waals surface area contributed by atoms with Gasteiger partial charge in [0.2, 0.25) is 5.91 Å². The molecule has 8 nitrogen and oxygen atoms in total. The van der Waals surface area contributed by atoms with E-state index in [0.29, 0.717) is 30.4 Å². The minimum Gasteiger partial charge on any atom is -0.351 e. The Morgan fingerprint density at radius 3 is 2.69 bits per heavy atom. The number of carbonyl (C=O) groups is 2. The molecule has 2 heterocycles. The Morgan fingerprint density at radius 2 is 2.00 bits per heavy atom. The third-order valence-electron chi connectivity index (χ3n) is 6.20. The number of aromatic nitrogens is 2. The molecule has 1 aliphatic heterocycles. The molecule has 2 unspecified atom stereocenters. The molecule has 32 heavy (non-hydrogen) atoms. The Labute approximate surface area is 190 Å². The highest BCUT2D eigenvalue weighted by atomic mass is 16.2. The van der Waals surface area contributed by atoms with Crippen molar-refractivity contribution in [1.29, 1.82) is 0 Å². The van der Waals surface area contributed by atoms with Crippen molar-refractivity contribution in [3.63, 3.8) is 0 Å². The van der Waals surface area contributed by atoms with Gasteiger partial charge >= 0.3 is 0 Å². The Kier molecular flexibility index (Phi) is 8.16. The Balaban J connectivity index is 1.61. The van der Waals surface area contributed by atoms with Gasteiger partial charge in [0.1, 0.15) is 0 Å². The van der Waals surface area contributed by atoms with E-state index in [4.69, 9.17) is 0 Å². The summed E-state index contributed by atoms with van der Waals surface area (Å²) in [5.41, 5.74) is 1.22. The van der Waals surface area contributed by atoms with Crippen molar-refractivity contribution in [2.75, 3.05) is 43.4 Å². The number of hydrogen-bond donors (Lipinski definition) is 1. The molecule has 1 saturated heterocycles. The van der Waals surface area contributed by atoms with Gasteiger partial charge in [-0.25, -0.2) is 0 Å². The highest BCUT2D eigenvalue weighted by Crippen LogP contribution is 2.24. The van der Waals surface area contributed by atoms with Gasteiger partial charge in [-0.05, 0) is 71.0 Å². The predicted molar refractivity (Wildman–Crippen MR) is 127 cm³/mol. The molecular formula is C24H34N6O2. The molecule has 1 fully saturated rings. The number of nitrogens with one attached hydrogen (secondary N) is 1. The molecule has 1 aliphatic rings. The summed E-state index contributed by atoms with van der Waals surface area (Å²) in [5, 5.41) is 11.2. The summed E-state index contributed by atoms with van der Waals surface area (Å²) < 4.78 is 0. The molecule has 172 valence electrons. The van der Waals surface area contributed by atoms with Crippen LogP contribution in [-0.4, -0.2) is 77.1 Å². The Bertz CT molecular complexity index is 902. The summed E-state index contributed by atoms with van der Waals surface area (Å²) >= 11 is 0. The summed E-state index contributed by atoms with van der Waals surface area (Å²) in [7, 11) is 1.97. The second-order valence-corrected chi connectivity index (χ2v) is 8.23. The van der Waals surface area contributed by atoms with E-state index in [9.17, 15) is 9.59 Å². The monoisotopic (exact) mass is 438 g/mol. The molecule has 1 aromatic heterocycles. The zero-order chi connectivity index (χ0) is 23.1. The average Bonchev–Trinajstić information content (AvgIpc) is 3.28. The first-order valence-electron chi connectivity index (χ1n) is 11.4. The van der Waals surface area contributed by atoms with Crippen LogP contribution in [0.15, 0.2) is 42.6 Å². The molecule has 8 heteroatoms. The Hall–Kier alpha value is -3.00. The lowest BCUT2D eigenvalue weighted by molar-refractivity contribution is -0.120. The van der Waals surface area contributed by atoms with Crippen LogP contribution in [0.4, 0.5) is 11.5 Å². The van der Waals surface area contributed by atoms with E-state index in [1.54, 1.807) is 29.3 Å². The van der Waals surface area contributed by atoms with Gasteiger partial charge in [0.25, 0.3) is 5.91 Å². The van der Waals surface area contributed by atoms with Crippen LogP contribution in [0.1, 0.15) is 44.0 Å². The van der Waals surface area contributed by atoms with Gasteiger partial charge in [-0.1, -0.05) is 6.07 Å². The number of amides is 2. The number of benzene rings is 1. The average molecular weight is 439 g/mol. The molecule has 2 amide bonds. The molecule has 0 bridgehead atoms. The zero-order valence-electron chi connectivity index (χ0n) is 19.5. The summed E-state index contributed by atoms with van der Waals surface area (Å²) in [6, 6.07) is 11.0. The molecule has 2 aromatic rings. The smallest absolute Gasteiger partial charge is 0.253 e. The van der Waals surface area contributed by atoms with E-state index >= 15 is 0 Å². The van der Waals surface area contributed by atoms with Crippen molar-refractivity contribution in [2.45, 2.75) is 45.7 Å². The van der Waals surface area contributed by atoms with E-state index in [1.807, 2.05) is 46.0 Å². The summed E-state index contributed by atoms with van der Waals surface area (Å²) in [4.78, 5) is 31.7. The first kappa shape index (κ1) is 23.7. The van der Waals surface area contributed by atoms with Crippen LogP contribution in [0, 0.1) is 0 Å². The van der Waals surface area contributed by atoms with Crippen LogP contribution in [0.2, 0.25) is 0 Å². The number of likely N-dealkylation sites (N-methyl/N-ethyl adjacent to an activating group) is 1. The van der Waals surface area contributed by atoms with Crippen LogP contribution in [0.3, 0.4) is 0 Å². The number of anilines is 2. The maximum absolute atomic E-state index is 12.9. The summed E-state index contributed by atoms with van der Waals surface area (Å²) in [6.45, 7) is 8.83. The first-order chi connectivity index (χ1) is 15.4. The molecule has 0 radical (unpaired) electrons. The van der Waals surface area contributed by atoms with Crippen molar-refractivity contribution >= 4 is 23.3 Å². The van der Waals surface area contributed by atoms with Crippen molar-refractivity contribution in [1.82, 2.24) is 20.0 Å². The van der Waals surface area contributed by atoms with Gasteiger partial charge in [0, 0.05) is 49.7 Å². The topological polar surface area (TPSA) is 81.7 Å². The fourth-order valence-electron chi connectivity index (χ4n) is 4.13. The molecule has 3 rings (SSSR count). The first-order valence-corrected chi connectivity index (χ1v) is 11.4. The second-order valence-electron chi connectivity index (χ2n) is 8.23. The van der Waals surface area contributed by atoms with Gasteiger partial charge in [-0.15, -0.1) is 5.10 Å². The van der Waals surface area contributed by atoms with Crippen LogP contribution in [-0.2, 0) is 4.79 Å². The van der Waals surface area contributed by atoms with Crippen LogP contribution in [0.25, 0.3) is 0 Å². The third kappa shape index (κ3) is 5.62. The number of nitrogens with zero attached hydrogens (tertiary/aromatic N) is 5. The van der Waals surface area contributed by atoms with Crippen LogP contribution < -0.4 is 10.2 Å². The van der Waals surface area contributed by atoms with Crippen molar-refractivity contribution in [2.24, 2.45) is 0 Å². The maximum atomic E-state index is 12.9. The third-order valence-corrected chi connectivity index (χ3v) is 6.20. The van der Waals surface area contributed by atoms with Gasteiger partial charge in [0.15, 0.2) is 5.82 Å². The normalized spacial score (nSPS) is 16.8. The lowest BCUT2D eigenvalue weighted by Crippen LogP contribution is -2.46. The number of hydrogen-bond acceptors (Lipinski definition) is 6. The van der Waals surface area contributed by atoms with Crippen molar-refractivity contribution in [3.05, 3.63) is 48.2 Å². The highest BCUT2D eigenvalue weighted by molar-refractivity contribution is 5.98. The van der Waals surface area contributed by atoms with Crippen LogP contribution >= 0.6 is 0 Å². The fraction of sp³-hybridized carbons (Fsp3) is 0.500. The minimum atomic E-state index is -0.318. The molecule has 0 spiro atoms. The zero-order valence-corrected chi connectivity index (χ0v) is 19.5. The molecule has 2 atom stereocenters. The largest absolute Gasteiger partial charge is 0.351 e. The lowest BCUT2D eigenvalue weighted by atomic mass is 10.1. The molecule has 0 saturated carbocycles. The van der Waals surface area contributed by atoms with Crippen molar-refractivity contribution in [3.8, 4) is 0 Å². The van der Waals surface area contributed by atoms with Gasteiger partial charge in [-0.3, -0.25) is 14.5 Å². The van der Waals surface area contributed by atoms with E-state index in [0.717, 1.165) is 31.7 Å². The standard InChI is InChI=1S/C24H34N6O2/c1-5-29(6-2)24(32)19-10-7-11-20(16-19)26-23(31)18(3)28(4)17-21-12-9-15-30(21)22-13-8-14-25-27-22/h7-8,10-11,13-14,16,18,21H,5-6,9,12,15,17H2,1-4H3,(H,26,31). The quantitative estimate of drug-likeness (QED) is 0.648. The summed E-state index contributed by atoms with van der Waals surface area (Å²) in [6.07, 6.45) is 3.84. The SMILES string of the molecule is CCN(CC)C(=O)c1cccc(NC(=O)C(C)N(C)CC2CCCN2c2cccnn2)c1. The van der Waals surface area contributed by atoms with Crippen molar-refractivity contribution < 1.29 is 9.59 Å². The predicted octanol–water partition coefficient (Wildman–Crippen LogP) is 2.89. The fourth-order valence-corrected chi connectivity index (χ4v) is 4.13. The Morgan fingerprint density at radius 1 is 1.22 bits per heavy atom. The minimum absolute atomic E-state index is 0.0263. The molecule has 1 aromatic carbocycles. The van der Waals surface area contributed by atoms with Crippen LogP contribution in [0.5, 0.6) is 0 Å².